The SMILES string of the molecule is C=C(CC)N(C)C(=O)OC(C)O. The molecule has 70 valence electrons. The van der Waals surface area contributed by atoms with Gasteiger partial charge in [-0.05, 0) is 13.3 Å². The first-order chi connectivity index (χ1) is 5.49. The molecule has 4 nitrogen and oxygen atoms in total. The maximum absolute atomic E-state index is 11.0. The lowest BCUT2D eigenvalue weighted by Crippen LogP contribution is -2.29. The van der Waals surface area contributed by atoms with Crippen LogP contribution in [0.3, 0.4) is 0 Å². The number of aliphatic hydroxyl groups is 1. The van der Waals surface area contributed by atoms with E-state index in [0.717, 1.165) is 0 Å². The second-order valence-electron chi connectivity index (χ2n) is 2.46. The van der Waals surface area contributed by atoms with Crippen LogP contribution in [-0.2, 0) is 4.74 Å². The zero-order valence-electron chi connectivity index (χ0n) is 7.70. The summed E-state index contributed by atoms with van der Waals surface area (Å²) in [7, 11) is 1.55. The molecule has 1 unspecified atom stereocenters. The Morgan fingerprint density at radius 1 is 1.75 bits per heavy atom. The monoisotopic (exact) mass is 173 g/mol. The van der Waals surface area contributed by atoms with Crippen LogP contribution in [0.2, 0.25) is 0 Å². The molecule has 0 aliphatic rings. The summed E-state index contributed by atoms with van der Waals surface area (Å²) in [6.45, 7) is 6.90. The standard InChI is InChI=1S/C8H15NO3/c1-5-6(2)9(4)8(11)12-7(3)10/h7,10H,2,5H2,1,3-4H3. The van der Waals surface area contributed by atoms with E-state index in [-0.39, 0.29) is 0 Å². The molecule has 0 radical (unpaired) electrons. The van der Waals surface area contributed by atoms with Crippen LogP contribution in [0.15, 0.2) is 12.3 Å². The number of carbonyl (C=O) groups is 1. The minimum atomic E-state index is -1.08. The predicted octanol–water partition coefficient (Wildman–Crippen LogP) is 1.32. The van der Waals surface area contributed by atoms with Crippen LogP contribution in [0, 0.1) is 0 Å². The topological polar surface area (TPSA) is 49.8 Å². The van der Waals surface area contributed by atoms with E-state index < -0.39 is 12.4 Å². The number of rotatable bonds is 3. The Bertz CT molecular complexity index is 177. The van der Waals surface area contributed by atoms with E-state index in [1.54, 1.807) is 7.05 Å². The lowest BCUT2D eigenvalue weighted by atomic mass is 10.3. The third-order valence-electron chi connectivity index (χ3n) is 1.43. The van der Waals surface area contributed by atoms with Crippen molar-refractivity contribution in [3.05, 3.63) is 12.3 Å². The van der Waals surface area contributed by atoms with Crippen molar-refractivity contribution < 1.29 is 14.6 Å². The molecule has 0 heterocycles. The second kappa shape index (κ2) is 4.77. The fraction of sp³-hybridized carbons (Fsp3) is 0.625. The molecule has 0 fully saturated rings. The molecule has 0 rings (SSSR count). The quantitative estimate of drug-likeness (QED) is 0.655. The number of carbonyl (C=O) groups excluding carboxylic acids is 1. The van der Waals surface area contributed by atoms with Gasteiger partial charge in [-0.15, -0.1) is 0 Å². The van der Waals surface area contributed by atoms with Crippen LogP contribution in [0.25, 0.3) is 0 Å². The molecule has 0 aliphatic heterocycles. The van der Waals surface area contributed by atoms with Crippen LogP contribution in [0.5, 0.6) is 0 Å². The van der Waals surface area contributed by atoms with E-state index in [0.29, 0.717) is 12.1 Å². The maximum atomic E-state index is 11.0. The van der Waals surface area contributed by atoms with Gasteiger partial charge in [0.15, 0.2) is 6.29 Å². The fourth-order valence-corrected chi connectivity index (χ4v) is 0.591. The first-order valence-electron chi connectivity index (χ1n) is 3.79. The molecule has 0 aromatic heterocycles. The molecular formula is C8H15NO3. The Labute approximate surface area is 72.4 Å². The van der Waals surface area contributed by atoms with Crippen molar-refractivity contribution in [2.45, 2.75) is 26.6 Å². The summed E-state index contributed by atoms with van der Waals surface area (Å²) in [6.07, 6.45) is -0.993. The van der Waals surface area contributed by atoms with Gasteiger partial charge in [0.1, 0.15) is 0 Å². The Balaban J connectivity index is 4.01. The molecule has 1 atom stereocenters. The number of ether oxygens (including phenoxy) is 1. The van der Waals surface area contributed by atoms with Gasteiger partial charge in [-0.25, -0.2) is 4.79 Å². The third kappa shape index (κ3) is 3.39. The van der Waals surface area contributed by atoms with Crippen molar-refractivity contribution in [1.29, 1.82) is 0 Å². The summed E-state index contributed by atoms with van der Waals surface area (Å²) in [5.74, 6) is 0. The first kappa shape index (κ1) is 11.0. The first-order valence-corrected chi connectivity index (χ1v) is 3.79. The highest BCUT2D eigenvalue weighted by Crippen LogP contribution is 2.05. The van der Waals surface area contributed by atoms with E-state index in [2.05, 4.69) is 11.3 Å². The molecule has 12 heavy (non-hydrogen) atoms. The summed E-state index contributed by atoms with van der Waals surface area (Å²) < 4.78 is 4.52. The smallest absolute Gasteiger partial charge is 0.416 e. The van der Waals surface area contributed by atoms with Crippen molar-refractivity contribution in [2.75, 3.05) is 7.05 Å². The van der Waals surface area contributed by atoms with Gasteiger partial charge in [-0.3, -0.25) is 4.90 Å². The molecule has 0 bridgehead atoms. The molecule has 1 N–H and O–H groups in total. The Kier molecular flexibility index (Phi) is 4.36. The van der Waals surface area contributed by atoms with Crippen molar-refractivity contribution in [3.63, 3.8) is 0 Å². The van der Waals surface area contributed by atoms with Crippen LogP contribution < -0.4 is 0 Å². The van der Waals surface area contributed by atoms with Gasteiger partial charge in [0.2, 0.25) is 0 Å². The normalized spacial score (nSPS) is 12.0. The average molecular weight is 173 g/mol. The molecule has 0 aliphatic carbocycles. The van der Waals surface area contributed by atoms with Gasteiger partial charge in [0.25, 0.3) is 0 Å². The summed E-state index contributed by atoms with van der Waals surface area (Å²) in [4.78, 5) is 12.3. The maximum Gasteiger partial charge on any atom is 0.416 e. The van der Waals surface area contributed by atoms with Gasteiger partial charge < -0.3 is 9.84 Å². The van der Waals surface area contributed by atoms with E-state index in [4.69, 9.17) is 5.11 Å². The van der Waals surface area contributed by atoms with Crippen LogP contribution in [0.1, 0.15) is 20.3 Å². The molecule has 4 heteroatoms. The highest BCUT2D eigenvalue weighted by Gasteiger charge is 2.13. The highest BCUT2D eigenvalue weighted by molar-refractivity contribution is 5.69. The lowest BCUT2D eigenvalue weighted by Gasteiger charge is -2.18. The molecule has 0 spiro atoms. The number of hydrogen-bond donors (Lipinski definition) is 1. The predicted molar refractivity (Wildman–Crippen MR) is 45.4 cm³/mol. The number of amides is 1. The minimum Gasteiger partial charge on any atom is -0.420 e. The molecule has 0 saturated carbocycles. The zero-order valence-corrected chi connectivity index (χ0v) is 7.70. The van der Waals surface area contributed by atoms with E-state index >= 15 is 0 Å². The highest BCUT2D eigenvalue weighted by atomic mass is 16.6. The Morgan fingerprint density at radius 3 is 2.58 bits per heavy atom. The lowest BCUT2D eigenvalue weighted by molar-refractivity contribution is -0.0461. The summed E-state index contributed by atoms with van der Waals surface area (Å²) in [6, 6.07) is 0. The van der Waals surface area contributed by atoms with E-state index in [1.165, 1.54) is 11.8 Å². The molecule has 1 amide bonds. The molecule has 0 saturated heterocycles. The summed E-state index contributed by atoms with van der Waals surface area (Å²) in [5, 5.41) is 8.73. The number of nitrogens with zero attached hydrogens (tertiary/aromatic N) is 1. The zero-order chi connectivity index (χ0) is 9.72. The van der Waals surface area contributed by atoms with Gasteiger partial charge in [-0.2, -0.15) is 0 Å². The number of allylic oxidation sites excluding steroid dienone is 1. The molecular weight excluding hydrogens is 158 g/mol. The van der Waals surface area contributed by atoms with Crippen molar-refractivity contribution in [3.8, 4) is 0 Å². The van der Waals surface area contributed by atoms with Gasteiger partial charge in [-0.1, -0.05) is 13.5 Å². The number of hydrogen-bond acceptors (Lipinski definition) is 3. The average Bonchev–Trinajstić information content (AvgIpc) is 2.00. The molecule has 0 aromatic carbocycles. The minimum absolute atomic E-state index is 0.586. The van der Waals surface area contributed by atoms with Gasteiger partial charge in [0, 0.05) is 12.7 Å². The van der Waals surface area contributed by atoms with Crippen molar-refractivity contribution in [2.24, 2.45) is 0 Å². The van der Waals surface area contributed by atoms with E-state index in [9.17, 15) is 4.79 Å². The van der Waals surface area contributed by atoms with E-state index in [1.807, 2.05) is 6.92 Å². The number of aliphatic hydroxyl groups excluding tert-OH is 1. The van der Waals surface area contributed by atoms with Gasteiger partial charge >= 0.3 is 6.09 Å². The fourth-order valence-electron chi connectivity index (χ4n) is 0.591. The van der Waals surface area contributed by atoms with Crippen molar-refractivity contribution in [1.82, 2.24) is 4.90 Å². The Morgan fingerprint density at radius 2 is 2.25 bits per heavy atom. The van der Waals surface area contributed by atoms with Crippen LogP contribution in [-0.4, -0.2) is 29.4 Å². The van der Waals surface area contributed by atoms with Gasteiger partial charge in [0.05, 0.1) is 0 Å². The van der Waals surface area contributed by atoms with Crippen molar-refractivity contribution >= 4 is 6.09 Å². The Hall–Kier alpha value is -1.03. The molecule has 0 aromatic rings. The second-order valence-corrected chi connectivity index (χ2v) is 2.46. The summed E-state index contributed by atoms with van der Waals surface area (Å²) in [5.41, 5.74) is 0.653. The largest absolute Gasteiger partial charge is 0.420 e. The van der Waals surface area contributed by atoms with Crippen LogP contribution >= 0.6 is 0 Å². The third-order valence-corrected chi connectivity index (χ3v) is 1.43. The summed E-state index contributed by atoms with van der Waals surface area (Å²) >= 11 is 0. The van der Waals surface area contributed by atoms with Crippen LogP contribution in [0.4, 0.5) is 4.79 Å².